The number of aryl methyl sites for hydroxylation is 1. The molecule has 1 aromatic heterocycles. The minimum atomic E-state index is 0.0763. The maximum absolute atomic E-state index is 13.2. The number of amides is 1. The van der Waals surface area contributed by atoms with Crippen molar-refractivity contribution >= 4 is 16.8 Å². The van der Waals surface area contributed by atoms with E-state index in [0.717, 1.165) is 35.9 Å². The summed E-state index contributed by atoms with van der Waals surface area (Å²) in [4.78, 5) is 15.2. The van der Waals surface area contributed by atoms with Gasteiger partial charge < -0.3 is 18.9 Å². The topological polar surface area (TPSA) is 67.5 Å². The van der Waals surface area contributed by atoms with Crippen LogP contribution in [0.3, 0.4) is 0 Å². The predicted molar refractivity (Wildman–Crippen MR) is 115 cm³/mol. The number of methoxy groups -OCH3 is 1. The van der Waals surface area contributed by atoms with Crippen molar-refractivity contribution in [3.63, 3.8) is 0 Å². The van der Waals surface area contributed by atoms with Crippen LogP contribution >= 0.6 is 0 Å². The number of rotatable bonds is 5. The Hall–Kier alpha value is -3.46. The van der Waals surface area contributed by atoms with Crippen LogP contribution in [0.1, 0.15) is 28.8 Å². The maximum Gasteiger partial charge on any atom is 0.256 e. The lowest BCUT2D eigenvalue weighted by Gasteiger charge is -2.32. The summed E-state index contributed by atoms with van der Waals surface area (Å²) in [7, 11) is 3.53. The monoisotopic (exact) mass is 403 g/mol. The Bertz CT molecular complexity index is 1110. The van der Waals surface area contributed by atoms with E-state index < -0.39 is 0 Å². The standard InChI is InChI=1S/C24H25N3O3/c1-26-15-20(19-7-3-4-8-21(19)26)24(28)27-11-5-6-18(14-27)16-30-22-10-9-17(13-25)12-23(22)29-2/h3-4,7-10,12,15,18H,5-6,11,14,16H2,1-2H3. The fourth-order valence-corrected chi connectivity index (χ4v) is 4.13. The first-order chi connectivity index (χ1) is 14.6. The zero-order valence-corrected chi connectivity index (χ0v) is 17.3. The summed E-state index contributed by atoms with van der Waals surface area (Å²) < 4.78 is 13.3. The second-order valence-electron chi connectivity index (χ2n) is 7.72. The number of carbonyl (C=O) groups excluding carboxylic acids is 1. The Morgan fingerprint density at radius 1 is 1.23 bits per heavy atom. The van der Waals surface area contributed by atoms with Crippen LogP contribution in [0.2, 0.25) is 0 Å². The number of nitriles is 1. The van der Waals surface area contributed by atoms with Crippen LogP contribution in [-0.4, -0.2) is 42.2 Å². The lowest BCUT2D eigenvalue weighted by molar-refractivity contribution is 0.0633. The molecule has 0 bridgehead atoms. The molecule has 1 amide bonds. The van der Waals surface area contributed by atoms with Crippen molar-refractivity contribution in [3.05, 3.63) is 59.8 Å². The van der Waals surface area contributed by atoms with Crippen molar-refractivity contribution in [3.8, 4) is 17.6 Å². The molecule has 0 radical (unpaired) electrons. The minimum absolute atomic E-state index is 0.0763. The minimum Gasteiger partial charge on any atom is -0.493 e. The van der Waals surface area contributed by atoms with Crippen LogP contribution in [0.25, 0.3) is 10.9 Å². The number of carbonyl (C=O) groups is 1. The molecule has 6 heteroatoms. The van der Waals surface area contributed by atoms with Gasteiger partial charge in [-0.05, 0) is 31.0 Å². The number of para-hydroxylation sites is 1. The fourth-order valence-electron chi connectivity index (χ4n) is 4.13. The molecule has 0 aliphatic carbocycles. The van der Waals surface area contributed by atoms with Crippen LogP contribution in [0.5, 0.6) is 11.5 Å². The van der Waals surface area contributed by atoms with E-state index in [9.17, 15) is 4.79 Å². The molecule has 3 aromatic rings. The molecule has 1 saturated heterocycles. The molecule has 0 spiro atoms. The number of nitrogens with zero attached hydrogens (tertiary/aromatic N) is 3. The van der Waals surface area contributed by atoms with Crippen LogP contribution in [0.4, 0.5) is 0 Å². The van der Waals surface area contributed by atoms with Gasteiger partial charge in [0.15, 0.2) is 11.5 Å². The molecule has 30 heavy (non-hydrogen) atoms. The second-order valence-corrected chi connectivity index (χ2v) is 7.72. The molecule has 1 aliphatic heterocycles. The summed E-state index contributed by atoms with van der Waals surface area (Å²) >= 11 is 0. The van der Waals surface area contributed by atoms with E-state index in [0.29, 0.717) is 30.2 Å². The van der Waals surface area contributed by atoms with Gasteiger partial charge in [-0.25, -0.2) is 0 Å². The number of fused-ring (bicyclic) bond motifs is 1. The van der Waals surface area contributed by atoms with Crippen LogP contribution < -0.4 is 9.47 Å². The van der Waals surface area contributed by atoms with E-state index in [1.165, 1.54) is 0 Å². The van der Waals surface area contributed by atoms with Gasteiger partial charge in [0.25, 0.3) is 5.91 Å². The zero-order valence-electron chi connectivity index (χ0n) is 17.3. The van der Waals surface area contributed by atoms with Crippen molar-refractivity contribution in [2.24, 2.45) is 13.0 Å². The average Bonchev–Trinajstić information content (AvgIpc) is 3.14. The average molecular weight is 403 g/mol. The lowest BCUT2D eigenvalue weighted by Crippen LogP contribution is -2.41. The number of hydrogen-bond acceptors (Lipinski definition) is 4. The molecule has 0 saturated carbocycles. The van der Waals surface area contributed by atoms with Crippen LogP contribution in [0, 0.1) is 17.2 Å². The van der Waals surface area contributed by atoms with Crippen molar-refractivity contribution in [2.45, 2.75) is 12.8 Å². The van der Waals surface area contributed by atoms with Gasteiger partial charge in [0, 0.05) is 49.2 Å². The molecule has 1 aliphatic rings. The van der Waals surface area contributed by atoms with Crippen LogP contribution in [0.15, 0.2) is 48.7 Å². The lowest BCUT2D eigenvalue weighted by atomic mass is 9.98. The molecule has 1 fully saturated rings. The molecule has 2 aromatic carbocycles. The highest BCUT2D eigenvalue weighted by Crippen LogP contribution is 2.30. The van der Waals surface area contributed by atoms with E-state index in [2.05, 4.69) is 6.07 Å². The van der Waals surface area contributed by atoms with Crippen molar-refractivity contribution in [1.29, 1.82) is 5.26 Å². The molecular formula is C24H25N3O3. The molecule has 4 rings (SSSR count). The third-order valence-corrected chi connectivity index (χ3v) is 5.70. The summed E-state index contributed by atoms with van der Waals surface area (Å²) in [5, 5.41) is 10.0. The highest BCUT2D eigenvalue weighted by Gasteiger charge is 2.27. The molecular weight excluding hydrogens is 378 g/mol. The predicted octanol–water partition coefficient (Wildman–Crippen LogP) is 3.99. The second kappa shape index (κ2) is 8.50. The number of benzene rings is 2. The SMILES string of the molecule is COc1cc(C#N)ccc1OCC1CCCN(C(=O)c2cn(C)c3ccccc23)C1. The van der Waals surface area contributed by atoms with Gasteiger partial charge in [-0.2, -0.15) is 5.26 Å². The third-order valence-electron chi connectivity index (χ3n) is 5.70. The molecule has 6 nitrogen and oxygen atoms in total. The van der Waals surface area contributed by atoms with Gasteiger partial charge in [-0.3, -0.25) is 4.79 Å². The normalized spacial score (nSPS) is 16.3. The zero-order chi connectivity index (χ0) is 21.1. The number of hydrogen-bond donors (Lipinski definition) is 0. The number of aromatic nitrogens is 1. The number of ether oxygens (including phenoxy) is 2. The van der Waals surface area contributed by atoms with Crippen molar-refractivity contribution in [1.82, 2.24) is 9.47 Å². The Labute approximate surface area is 176 Å². The first kappa shape index (κ1) is 19.8. The molecule has 0 N–H and O–H groups in total. The summed E-state index contributed by atoms with van der Waals surface area (Å²) in [6.45, 7) is 1.93. The largest absolute Gasteiger partial charge is 0.493 e. The summed E-state index contributed by atoms with van der Waals surface area (Å²) in [6.07, 6.45) is 3.89. The van der Waals surface area contributed by atoms with E-state index in [1.54, 1.807) is 25.3 Å². The smallest absolute Gasteiger partial charge is 0.256 e. The van der Waals surface area contributed by atoms with E-state index in [4.69, 9.17) is 14.7 Å². The molecule has 2 heterocycles. The molecule has 1 unspecified atom stereocenters. The Kier molecular flexibility index (Phi) is 5.62. The van der Waals surface area contributed by atoms with Crippen molar-refractivity contribution < 1.29 is 14.3 Å². The van der Waals surface area contributed by atoms with E-state index in [-0.39, 0.29) is 11.8 Å². The first-order valence-corrected chi connectivity index (χ1v) is 10.1. The van der Waals surface area contributed by atoms with Gasteiger partial charge in [-0.15, -0.1) is 0 Å². The van der Waals surface area contributed by atoms with Gasteiger partial charge in [0.1, 0.15) is 0 Å². The molecule has 1 atom stereocenters. The highest BCUT2D eigenvalue weighted by atomic mass is 16.5. The highest BCUT2D eigenvalue weighted by molar-refractivity contribution is 6.07. The quantitative estimate of drug-likeness (QED) is 0.646. The van der Waals surface area contributed by atoms with E-state index >= 15 is 0 Å². The Morgan fingerprint density at radius 3 is 2.87 bits per heavy atom. The third kappa shape index (κ3) is 3.84. The van der Waals surface area contributed by atoms with Gasteiger partial charge >= 0.3 is 0 Å². The number of likely N-dealkylation sites (tertiary alicyclic amines) is 1. The van der Waals surface area contributed by atoms with Gasteiger partial charge in [0.2, 0.25) is 0 Å². The first-order valence-electron chi connectivity index (χ1n) is 10.1. The Balaban J connectivity index is 1.45. The van der Waals surface area contributed by atoms with E-state index in [1.807, 2.05) is 47.0 Å². The Morgan fingerprint density at radius 2 is 2.07 bits per heavy atom. The summed E-state index contributed by atoms with van der Waals surface area (Å²) in [6, 6.07) is 15.2. The maximum atomic E-state index is 13.2. The summed E-state index contributed by atoms with van der Waals surface area (Å²) in [5.74, 6) is 1.49. The summed E-state index contributed by atoms with van der Waals surface area (Å²) in [5.41, 5.74) is 2.35. The fraction of sp³-hybridized carbons (Fsp3) is 0.333. The number of piperidine rings is 1. The van der Waals surface area contributed by atoms with Gasteiger partial charge in [0.05, 0.1) is 30.9 Å². The van der Waals surface area contributed by atoms with Crippen LogP contribution in [-0.2, 0) is 7.05 Å². The van der Waals surface area contributed by atoms with Crippen molar-refractivity contribution in [2.75, 3.05) is 26.8 Å². The molecule has 154 valence electrons. The van der Waals surface area contributed by atoms with Gasteiger partial charge in [-0.1, -0.05) is 18.2 Å².